The molecule has 0 aliphatic heterocycles. The normalized spacial score (nSPS) is 13.5. The smallest absolute Gasteiger partial charge is 0.306 e. The third-order valence-corrected chi connectivity index (χ3v) is 11.1. The lowest BCUT2D eigenvalue weighted by molar-refractivity contribution is -0.870. The van der Waals surface area contributed by atoms with Gasteiger partial charge >= 0.3 is 11.9 Å². The second-order valence-electron chi connectivity index (χ2n) is 18.8. The number of carbonyl (C=O) groups excluding carboxylic acids is 3. The predicted molar refractivity (Wildman–Crippen MR) is 278 cm³/mol. The number of allylic oxidation sites excluding steroid dienone is 14. The van der Waals surface area contributed by atoms with Crippen LogP contribution in [0.3, 0.4) is 0 Å². The molecule has 0 fully saturated rings. The van der Waals surface area contributed by atoms with E-state index in [1.165, 1.54) is 77.0 Å². The molecule has 2 unspecified atom stereocenters. The van der Waals surface area contributed by atoms with Crippen LogP contribution in [0.5, 0.6) is 0 Å². The number of carboxylic acids is 1. The summed E-state index contributed by atoms with van der Waals surface area (Å²) in [6.45, 7) is 4.51. The molecule has 0 spiro atoms. The minimum absolute atomic E-state index is 0.142. The van der Waals surface area contributed by atoms with Crippen molar-refractivity contribution in [1.82, 2.24) is 0 Å². The van der Waals surface area contributed by atoms with Crippen molar-refractivity contribution in [2.24, 2.45) is 0 Å². The Morgan fingerprint density at radius 3 is 1.19 bits per heavy atom. The Morgan fingerprint density at radius 1 is 0.448 bits per heavy atom. The number of likely N-dealkylation sites (N-methyl/N-ethyl adjacent to an activating group) is 1. The van der Waals surface area contributed by atoms with Crippen molar-refractivity contribution in [3.63, 3.8) is 0 Å². The first-order valence-electron chi connectivity index (χ1n) is 26.7. The first-order chi connectivity index (χ1) is 32.6. The van der Waals surface area contributed by atoms with E-state index < -0.39 is 24.3 Å². The lowest BCUT2D eigenvalue weighted by atomic mass is 10.0. The number of nitrogens with zero attached hydrogens (tertiary/aromatic N) is 1. The van der Waals surface area contributed by atoms with Gasteiger partial charge in [-0.1, -0.05) is 195 Å². The van der Waals surface area contributed by atoms with Crippen molar-refractivity contribution < 1.29 is 42.9 Å². The standard InChI is InChI=1S/C58H99NO8/c1-6-8-10-12-14-16-18-20-22-24-25-26-27-28-29-30-31-33-35-37-39-41-43-45-47-49-56(61)67-54(53-66-58(57(62)63)64-51-50-59(3,4)5)52-65-55(60)48-46-44-42-40-38-36-34-32-23-21-19-17-15-13-11-9-7-2/h8-11,14-17,20-23,25-26,54,58H,6-7,12-13,18-19,24,27-53H2,1-5H3/b10-8-,11-9-,16-14-,17-15-,22-20-,23-21-,26-25-. The van der Waals surface area contributed by atoms with E-state index >= 15 is 0 Å². The van der Waals surface area contributed by atoms with Gasteiger partial charge in [0.15, 0.2) is 12.4 Å². The fourth-order valence-electron chi connectivity index (χ4n) is 7.07. The quantitative estimate of drug-likeness (QED) is 0.0195. The average molecular weight is 938 g/mol. The zero-order valence-electron chi connectivity index (χ0n) is 43.5. The number of rotatable bonds is 48. The van der Waals surface area contributed by atoms with E-state index in [4.69, 9.17) is 18.9 Å². The van der Waals surface area contributed by atoms with Crippen LogP contribution in [-0.4, -0.2) is 82.3 Å². The molecule has 0 aromatic rings. The second-order valence-corrected chi connectivity index (χ2v) is 18.8. The van der Waals surface area contributed by atoms with Gasteiger partial charge in [-0.3, -0.25) is 9.59 Å². The Kier molecular flexibility index (Phi) is 46.3. The molecule has 0 radical (unpaired) electrons. The van der Waals surface area contributed by atoms with E-state index in [2.05, 4.69) is 98.9 Å². The van der Waals surface area contributed by atoms with Crippen LogP contribution >= 0.6 is 0 Å². The van der Waals surface area contributed by atoms with Gasteiger partial charge < -0.3 is 33.3 Å². The molecular formula is C58H99NO8. The molecule has 384 valence electrons. The maximum atomic E-state index is 12.8. The van der Waals surface area contributed by atoms with Crippen LogP contribution in [0.15, 0.2) is 85.1 Å². The molecule has 0 aliphatic carbocycles. The Morgan fingerprint density at radius 2 is 0.806 bits per heavy atom. The zero-order valence-corrected chi connectivity index (χ0v) is 43.5. The second kappa shape index (κ2) is 48.9. The topological polar surface area (TPSA) is 111 Å². The Labute approximate surface area is 410 Å². The fraction of sp³-hybridized carbons (Fsp3) is 0.707. The summed E-state index contributed by atoms with van der Waals surface area (Å²) >= 11 is 0. The zero-order chi connectivity index (χ0) is 49.2. The van der Waals surface area contributed by atoms with Crippen LogP contribution in [0.2, 0.25) is 0 Å². The van der Waals surface area contributed by atoms with Gasteiger partial charge in [0.05, 0.1) is 40.3 Å². The molecule has 2 atom stereocenters. The molecule has 0 saturated carbocycles. The van der Waals surface area contributed by atoms with E-state index in [0.29, 0.717) is 17.4 Å². The van der Waals surface area contributed by atoms with Crippen molar-refractivity contribution in [2.45, 2.75) is 219 Å². The van der Waals surface area contributed by atoms with Crippen molar-refractivity contribution in [3.8, 4) is 0 Å². The van der Waals surface area contributed by atoms with E-state index in [1.54, 1.807) is 0 Å². The molecule has 0 aromatic heterocycles. The molecule has 9 heteroatoms. The number of esters is 2. The highest BCUT2D eigenvalue weighted by Gasteiger charge is 2.22. The highest BCUT2D eigenvalue weighted by atomic mass is 16.7. The van der Waals surface area contributed by atoms with Gasteiger partial charge in [0.2, 0.25) is 0 Å². The van der Waals surface area contributed by atoms with Gasteiger partial charge in [-0.2, -0.15) is 0 Å². The molecule has 0 saturated heterocycles. The van der Waals surface area contributed by atoms with Crippen LogP contribution in [-0.2, 0) is 33.3 Å². The largest absolute Gasteiger partial charge is 0.545 e. The lowest BCUT2D eigenvalue weighted by Gasteiger charge is -2.26. The van der Waals surface area contributed by atoms with Gasteiger partial charge in [-0.05, 0) is 83.5 Å². The van der Waals surface area contributed by atoms with E-state index in [1.807, 2.05) is 21.1 Å². The molecule has 0 aromatic carbocycles. The predicted octanol–water partition coefficient (Wildman–Crippen LogP) is 13.9. The summed E-state index contributed by atoms with van der Waals surface area (Å²) in [4.78, 5) is 37.2. The number of hydrogen-bond acceptors (Lipinski definition) is 8. The minimum atomic E-state index is -1.63. The Bertz CT molecular complexity index is 1370. The molecule has 0 N–H and O–H groups in total. The molecular weight excluding hydrogens is 839 g/mol. The summed E-state index contributed by atoms with van der Waals surface area (Å²) < 4.78 is 22.6. The van der Waals surface area contributed by atoms with Crippen molar-refractivity contribution in [3.05, 3.63) is 85.1 Å². The highest BCUT2D eigenvalue weighted by Crippen LogP contribution is 2.15. The molecule has 0 heterocycles. The molecule has 67 heavy (non-hydrogen) atoms. The van der Waals surface area contributed by atoms with Crippen molar-refractivity contribution >= 4 is 17.9 Å². The van der Waals surface area contributed by atoms with Gasteiger partial charge in [0.1, 0.15) is 13.2 Å². The lowest BCUT2D eigenvalue weighted by Crippen LogP contribution is -2.44. The number of unbranched alkanes of at least 4 members (excludes halogenated alkanes) is 19. The van der Waals surface area contributed by atoms with Crippen LogP contribution in [0, 0.1) is 0 Å². The van der Waals surface area contributed by atoms with Crippen molar-refractivity contribution in [1.29, 1.82) is 0 Å². The fourth-order valence-corrected chi connectivity index (χ4v) is 7.07. The number of hydrogen-bond donors (Lipinski definition) is 0. The minimum Gasteiger partial charge on any atom is -0.545 e. The summed E-state index contributed by atoms with van der Waals surface area (Å²) in [6, 6.07) is 0. The summed E-state index contributed by atoms with van der Waals surface area (Å²) in [5.74, 6) is -2.30. The number of quaternary nitrogens is 1. The molecule has 0 aliphatic rings. The number of carbonyl (C=O) groups is 3. The number of carboxylic acid groups (broad SMARTS) is 1. The first-order valence-corrected chi connectivity index (χ1v) is 26.7. The summed E-state index contributed by atoms with van der Waals surface area (Å²) in [6.07, 6.45) is 60.5. The van der Waals surface area contributed by atoms with Crippen LogP contribution in [0.25, 0.3) is 0 Å². The van der Waals surface area contributed by atoms with Crippen LogP contribution in [0.1, 0.15) is 206 Å². The third kappa shape index (κ3) is 50.2. The van der Waals surface area contributed by atoms with E-state index in [9.17, 15) is 19.5 Å². The van der Waals surface area contributed by atoms with Gasteiger partial charge in [0.25, 0.3) is 0 Å². The summed E-state index contributed by atoms with van der Waals surface area (Å²) in [5.41, 5.74) is 0. The van der Waals surface area contributed by atoms with Gasteiger partial charge in [-0.25, -0.2) is 0 Å². The Hall–Kier alpha value is -3.53. The third-order valence-electron chi connectivity index (χ3n) is 11.1. The van der Waals surface area contributed by atoms with Gasteiger partial charge in [0, 0.05) is 12.8 Å². The molecule has 0 amide bonds. The SMILES string of the molecule is CC/C=C\C/C=C\C/C=C\C/C=C\CCCCCCCCCCCCCCC(=O)OC(COC(=O)CCCCCCCCC/C=C\C/C=C\C/C=C\CC)COC(OCC[N+](C)(C)C)C(=O)[O-]. The summed E-state index contributed by atoms with van der Waals surface area (Å²) in [5, 5.41) is 11.7. The monoisotopic (exact) mass is 938 g/mol. The van der Waals surface area contributed by atoms with Crippen LogP contribution < -0.4 is 5.11 Å². The maximum absolute atomic E-state index is 12.8. The number of ether oxygens (including phenoxy) is 4. The maximum Gasteiger partial charge on any atom is 0.306 e. The average Bonchev–Trinajstić information content (AvgIpc) is 3.29. The van der Waals surface area contributed by atoms with Crippen molar-refractivity contribution in [2.75, 3.05) is 47.5 Å². The molecule has 0 bridgehead atoms. The Balaban J connectivity index is 4.30. The van der Waals surface area contributed by atoms with Crippen LogP contribution in [0.4, 0.5) is 0 Å². The highest BCUT2D eigenvalue weighted by molar-refractivity contribution is 5.70. The van der Waals surface area contributed by atoms with E-state index in [0.717, 1.165) is 96.3 Å². The van der Waals surface area contributed by atoms with Gasteiger partial charge in [-0.15, -0.1) is 0 Å². The molecule has 0 rings (SSSR count). The molecule has 9 nitrogen and oxygen atoms in total. The van der Waals surface area contributed by atoms with E-state index in [-0.39, 0.29) is 38.6 Å². The first kappa shape index (κ1) is 63.5. The summed E-state index contributed by atoms with van der Waals surface area (Å²) in [7, 11) is 5.91. The number of aliphatic carboxylic acids is 1.